The number of ether oxygens (including phenoxy) is 2. The van der Waals surface area contributed by atoms with Gasteiger partial charge in [0.05, 0.1) is 6.04 Å². The van der Waals surface area contributed by atoms with E-state index in [-0.39, 0.29) is 18.7 Å². The van der Waals surface area contributed by atoms with Crippen LogP contribution in [0, 0.1) is 0 Å². The molecule has 2 aromatic rings. The first-order valence-corrected chi connectivity index (χ1v) is 6.79. The van der Waals surface area contributed by atoms with Gasteiger partial charge in [-0.2, -0.15) is 0 Å². The number of amides is 1. The van der Waals surface area contributed by atoms with Crippen LogP contribution in [0.25, 0.3) is 0 Å². The predicted octanol–water partition coefficient (Wildman–Crippen LogP) is 1.83. The molecule has 0 bridgehead atoms. The number of para-hydroxylation sites is 1. The summed E-state index contributed by atoms with van der Waals surface area (Å²) in [5.74, 6) is 1.36. The number of carbonyl (C=O) groups excluding carboxylic acids is 1. The van der Waals surface area contributed by atoms with Crippen molar-refractivity contribution in [3.8, 4) is 11.5 Å². The van der Waals surface area contributed by atoms with E-state index in [2.05, 4.69) is 0 Å². The molecule has 0 radical (unpaired) electrons. The van der Waals surface area contributed by atoms with Gasteiger partial charge in [-0.25, -0.2) is 0 Å². The number of benzene rings is 2. The summed E-state index contributed by atoms with van der Waals surface area (Å²) >= 11 is 0. The van der Waals surface area contributed by atoms with Crippen LogP contribution >= 0.6 is 0 Å². The van der Waals surface area contributed by atoms with E-state index < -0.39 is 6.04 Å². The third-order valence-electron chi connectivity index (χ3n) is 3.91. The van der Waals surface area contributed by atoms with Crippen LogP contribution in [0.2, 0.25) is 0 Å². The van der Waals surface area contributed by atoms with E-state index in [0.29, 0.717) is 5.75 Å². The minimum atomic E-state index is -0.523. The predicted molar refractivity (Wildman–Crippen MR) is 77.2 cm³/mol. The Labute approximate surface area is 121 Å². The number of fused-ring (bicyclic) bond motifs is 1. The topological polar surface area (TPSA) is 64.8 Å². The van der Waals surface area contributed by atoms with Gasteiger partial charge < -0.3 is 20.1 Å². The standard InChI is InChI=1S/C16H14N2O3/c17-14-15(10-6-7-12-13(8-10)21-9-20-12)18(16(14)19)11-4-2-1-3-5-11/h1-8,14-15H,9,17H2/t14-,15+/m0/s1. The third kappa shape index (κ3) is 1.78. The zero-order chi connectivity index (χ0) is 14.4. The number of nitrogens with zero attached hydrogens (tertiary/aromatic N) is 1. The Morgan fingerprint density at radius 1 is 1.05 bits per heavy atom. The summed E-state index contributed by atoms with van der Waals surface area (Å²) < 4.78 is 10.7. The number of β-lactam (4-membered cyclic amide) rings is 1. The second-order valence-corrected chi connectivity index (χ2v) is 5.13. The average molecular weight is 282 g/mol. The summed E-state index contributed by atoms with van der Waals surface area (Å²) in [5, 5.41) is 0. The summed E-state index contributed by atoms with van der Waals surface area (Å²) in [5.41, 5.74) is 7.82. The molecule has 2 N–H and O–H groups in total. The number of anilines is 1. The molecule has 2 aromatic carbocycles. The molecule has 1 saturated heterocycles. The van der Waals surface area contributed by atoms with Crippen molar-refractivity contribution in [1.29, 1.82) is 0 Å². The van der Waals surface area contributed by atoms with Crippen LogP contribution in [0.1, 0.15) is 11.6 Å². The zero-order valence-corrected chi connectivity index (χ0v) is 11.2. The molecule has 2 atom stereocenters. The molecule has 5 heteroatoms. The molecule has 0 aliphatic carbocycles. The van der Waals surface area contributed by atoms with Gasteiger partial charge in [-0.05, 0) is 29.8 Å². The molecular formula is C16H14N2O3. The van der Waals surface area contributed by atoms with Gasteiger partial charge in [0.15, 0.2) is 11.5 Å². The van der Waals surface area contributed by atoms with Gasteiger partial charge in [-0.15, -0.1) is 0 Å². The molecule has 106 valence electrons. The summed E-state index contributed by atoms with van der Waals surface area (Å²) in [6, 6.07) is 14.5. The van der Waals surface area contributed by atoms with Gasteiger partial charge in [-0.3, -0.25) is 4.79 Å². The van der Waals surface area contributed by atoms with E-state index in [9.17, 15) is 4.79 Å². The smallest absolute Gasteiger partial charge is 0.247 e. The molecule has 2 aliphatic rings. The molecule has 1 amide bonds. The van der Waals surface area contributed by atoms with Crippen LogP contribution in [0.5, 0.6) is 11.5 Å². The maximum atomic E-state index is 12.1. The fourth-order valence-electron chi connectivity index (χ4n) is 2.84. The first-order chi connectivity index (χ1) is 10.3. The highest BCUT2D eigenvalue weighted by atomic mass is 16.7. The Morgan fingerprint density at radius 3 is 2.62 bits per heavy atom. The second kappa shape index (κ2) is 4.49. The maximum Gasteiger partial charge on any atom is 0.247 e. The quantitative estimate of drug-likeness (QED) is 0.853. The van der Waals surface area contributed by atoms with E-state index in [1.165, 1.54) is 0 Å². The Hall–Kier alpha value is -2.53. The van der Waals surface area contributed by atoms with Gasteiger partial charge in [0.25, 0.3) is 0 Å². The van der Waals surface area contributed by atoms with Crippen molar-refractivity contribution in [2.45, 2.75) is 12.1 Å². The minimum absolute atomic E-state index is 0.0659. The Kier molecular flexibility index (Phi) is 2.62. The van der Waals surface area contributed by atoms with Crippen LogP contribution < -0.4 is 20.1 Å². The van der Waals surface area contributed by atoms with Crippen LogP contribution in [0.15, 0.2) is 48.5 Å². The summed E-state index contributed by atoms with van der Waals surface area (Å²) in [4.78, 5) is 13.8. The average Bonchev–Trinajstić information content (AvgIpc) is 2.99. The lowest BCUT2D eigenvalue weighted by Gasteiger charge is -2.45. The van der Waals surface area contributed by atoms with Gasteiger partial charge in [0, 0.05) is 5.69 Å². The molecule has 0 aromatic heterocycles. The Bertz CT molecular complexity index is 702. The van der Waals surface area contributed by atoms with E-state index in [0.717, 1.165) is 17.0 Å². The highest BCUT2D eigenvalue weighted by molar-refractivity contribution is 6.05. The first kappa shape index (κ1) is 12.2. The normalized spacial score (nSPS) is 23.1. The lowest BCUT2D eigenvalue weighted by molar-refractivity contribution is -0.126. The minimum Gasteiger partial charge on any atom is -0.454 e. The molecule has 5 nitrogen and oxygen atoms in total. The molecule has 0 unspecified atom stereocenters. The molecular weight excluding hydrogens is 268 g/mol. The monoisotopic (exact) mass is 282 g/mol. The first-order valence-electron chi connectivity index (χ1n) is 6.79. The second-order valence-electron chi connectivity index (χ2n) is 5.13. The fraction of sp³-hybridized carbons (Fsp3) is 0.188. The van der Waals surface area contributed by atoms with Crippen molar-refractivity contribution in [3.63, 3.8) is 0 Å². The number of nitrogens with two attached hydrogens (primary N) is 1. The Balaban J connectivity index is 1.71. The largest absolute Gasteiger partial charge is 0.454 e. The highest BCUT2D eigenvalue weighted by Gasteiger charge is 2.46. The van der Waals surface area contributed by atoms with Crippen molar-refractivity contribution >= 4 is 11.6 Å². The summed E-state index contributed by atoms with van der Waals surface area (Å²) in [7, 11) is 0. The van der Waals surface area contributed by atoms with Crippen molar-refractivity contribution < 1.29 is 14.3 Å². The van der Waals surface area contributed by atoms with Gasteiger partial charge >= 0.3 is 0 Å². The van der Waals surface area contributed by atoms with Crippen LogP contribution in [0.3, 0.4) is 0 Å². The maximum absolute atomic E-state index is 12.1. The van der Waals surface area contributed by atoms with Crippen molar-refractivity contribution in [2.24, 2.45) is 5.73 Å². The van der Waals surface area contributed by atoms with Gasteiger partial charge in [-0.1, -0.05) is 24.3 Å². The number of rotatable bonds is 2. The molecule has 0 saturated carbocycles. The zero-order valence-electron chi connectivity index (χ0n) is 11.2. The fourth-order valence-corrected chi connectivity index (χ4v) is 2.84. The SMILES string of the molecule is N[C@@H]1C(=O)N(c2ccccc2)[C@@H]1c1ccc2c(c1)OCO2. The molecule has 2 aliphatic heterocycles. The third-order valence-corrected chi connectivity index (χ3v) is 3.91. The van der Waals surface area contributed by atoms with Crippen LogP contribution in [-0.4, -0.2) is 18.7 Å². The summed E-state index contributed by atoms with van der Waals surface area (Å²) in [6.45, 7) is 0.233. The Morgan fingerprint density at radius 2 is 1.81 bits per heavy atom. The van der Waals surface area contributed by atoms with Gasteiger partial charge in [0.2, 0.25) is 12.7 Å². The van der Waals surface area contributed by atoms with Crippen molar-refractivity contribution in [2.75, 3.05) is 11.7 Å². The number of hydrogen-bond acceptors (Lipinski definition) is 4. The molecule has 0 spiro atoms. The molecule has 21 heavy (non-hydrogen) atoms. The number of hydrogen-bond donors (Lipinski definition) is 1. The summed E-state index contributed by atoms with van der Waals surface area (Å²) in [6.07, 6.45) is 0. The van der Waals surface area contributed by atoms with Crippen LogP contribution in [0.4, 0.5) is 5.69 Å². The lowest BCUT2D eigenvalue weighted by atomic mass is 9.88. The molecule has 4 rings (SSSR count). The lowest BCUT2D eigenvalue weighted by Crippen LogP contribution is -2.63. The number of carbonyl (C=O) groups is 1. The van der Waals surface area contributed by atoms with Crippen molar-refractivity contribution in [3.05, 3.63) is 54.1 Å². The van der Waals surface area contributed by atoms with E-state index >= 15 is 0 Å². The van der Waals surface area contributed by atoms with E-state index in [1.807, 2.05) is 48.5 Å². The molecule has 2 heterocycles. The van der Waals surface area contributed by atoms with Crippen LogP contribution in [-0.2, 0) is 4.79 Å². The van der Waals surface area contributed by atoms with E-state index in [1.54, 1.807) is 4.90 Å². The van der Waals surface area contributed by atoms with Crippen molar-refractivity contribution in [1.82, 2.24) is 0 Å². The highest BCUT2D eigenvalue weighted by Crippen LogP contribution is 2.41. The van der Waals surface area contributed by atoms with E-state index in [4.69, 9.17) is 15.2 Å². The van der Waals surface area contributed by atoms with Gasteiger partial charge in [0.1, 0.15) is 6.04 Å². The molecule has 1 fully saturated rings.